The van der Waals surface area contributed by atoms with Gasteiger partial charge in [-0.05, 0) is 84.7 Å². The summed E-state index contributed by atoms with van der Waals surface area (Å²) in [5, 5.41) is 29.5. The Morgan fingerprint density at radius 1 is 1.03 bits per heavy atom. The maximum absolute atomic E-state index is 14.5. The highest BCUT2D eigenvalue weighted by atomic mass is 16.7. The number of nitrogens with zero attached hydrogens (tertiary/aromatic N) is 4. The quantitative estimate of drug-likeness (QED) is 0.202. The normalized spacial score (nSPS) is 38.3. The zero-order chi connectivity index (χ0) is 45.8. The highest BCUT2D eigenvalue weighted by molar-refractivity contribution is 6.01. The number of carbonyl (C=O) groups is 3. The molecule has 346 valence electrons. The summed E-state index contributed by atoms with van der Waals surface area (Å²) in [6.07, 6.45) is -0.864. The van der Waals surface area contributed by atoms with Crippen LogP contribution >= 0.6 is 0 Å². The second-order valence-corrected chi connectivity index (χ2v) is 18.4. The fourth-order valence-electron chi connectivity index (χ4n) is 9.52. The Balaban J connectivity index is 1.39. The fourth-order valence-corrected chi connectivity index (χ4v) is 9.52. The van der Waals surface area contributed by atoms with Crippen LogP contribution in [0.15, 0.2) is 52.8 Å². The number of oxime groups is 1. The van der Waals surface area contributed by atoms with Crippen LogP contribution in [0.3, 0.4) is 0 Å². The van der Waals surface area contributed by atoms with E-state index >= 15 is 0 Å². The molecule has 63 heavy (non-hydrogen) atoms. The Morgan fingerprint density at radius 3 is 2.51 bits per heavy atom. The first kappa shape index (κ1) is 48.5. The smallest absolute Gasteiger partial charge is 0.316 e. The molecule has 2 aromatic rings. The van der Waals surface area contributed by atoms with Crippen molar-refractivity contribution < 1.29 is 57.9 Å². The fraction of sp³-hybridized carbons (Fsp3) is 0.660. The first-order valence-corrected chi connectivity index (χ1v) is 22.1. The van der Waals surface area contributed by atoms with Crippen molar-refractivity contribution in [3.8, 4) is 0 Å². The molecule has 0 aliphatic carbocycles. The maximum Gasteiger partial charge on any atom is 0.316 e. The third kappa shape index (κ3) is 10.9. The molecule has 0 saturated carbocycles. The van der Waals surface area contributed by atoms with Crippen molar-refractivity contribution in [2.24, 2.45) is 33.8 Å². The van der Waals surface area contributed by atoms with Crippen molar-refractivity contribution in [2.75, 3.05) is 40.5 Å². The Labute approximate surface area is 370 Å². The number of aliphatic hydroxyl groups excluding tert-OH is 1. The SMILES string of the molecule is CC[C@H]1OC(=O)[C@H](C)C(=O)[C@H](C)[C@@H](O[C@@H]2O[C@H](C)C[C@H](N(C)C)[C@H]2O)[C@@]2(C)C[C@@H](C)C3=NC(=O)C(COC/C=C/c4cnc5ccccc5c4)O/N=C(\CO[C@@H]([C@@H]3C)[C@]1(C)O)CO2. The van der Waals surface area contributed by atoms with Crippen molar-refractivity contribution in [3.63, 3.8) is 0 Å². The molecule has 3 fully saturated rings. The number of aliphatic imine (C=N–C) groups is 1. The molecule has 0 radical (unpaired) electrons. The number of esters is 1. The van der Waals surface area contributed by atoms with Gasteiger partial charge in [-0.2, -0.15) is 0 Å². The Hall–Kier alpha value is -4.00. The van der Waals surface area contributed by atoms with E-state index in [4.69, 9.17) is 38.3 Å². The van der Waals surface area contributed by atoms with Crippen LogP contribution in [0, 0.1) is 23.7 Å². The van der Waals surface area contributed by atoms with Crippen LogP contribution in [0.25, 0.3) is 17.0 Å². The number of para-hydroxylation sites is 1. The predicted molar refractivity (Wildman–Crippen MR) is 235 cm³/mol. The number of aliphatic hydroxyl groups is 2. The summed E-state index contributed by atoms with van der Waals surface area (Å²) >= 11 is 0. The largest absolute Gasteiger partial charge is 0.459 e. The lowest BCUT2D eigenvalue weighted by Gasteiger charge is -2.47. The molecule has 4 bridgehead atoms. The highest BCUT2D eigenvalue weighted by Gasteiger charge is 2.53. The number of pyridine rings is 1. The van der Waals surface area contributed by atoms with Crippen LogP contribution in [0.2, 0.25) is 0 Å². The number of hydrogen-bond acceptors (Lipinski definition) is 15. The number of Topliss-reactive ketones (excluding diaryl/α,β-unsaturated/α-hetero) is 1. The topological polar surface area (TPSA) is 197 Å². The van der Waals surface area contributed by atoms with Crippen molar-refractivity contribution in [1.82, 2.24) is 9.88 Å². The third-order valence-electron chi connectivity index (χ3n) is 13.1. The van der Waals surface area contributed by atoms with Crippen molar-refractivity contribution in [2.45, 2.75) is 135 Å². The van der Waals surface area contributed by atoms with Gasteiger partial charge >= 0.3 is 5.97 Å². The van der Waals surface area contributed by atoms with Crippen LogP contribution in [0.1, 0.15) is 80.2 Å². The minimum Gasteiger partial charge on any atom is -0.459 e. The van der Waals surface area contributed by atoms with E-state index in [1.54, 1.807) is 27.0 Å². The van der Waals surface area contributed by atoms with Crippen molar-refractivity contribution in [3.05, 3.63) is 48.2 Å². The molecule has 14 atom stereocenters. The zero-order valence-electron chi connectivity index (χ0n) is 38.3. The molecule has 0 spiro atoms. The number of hydrogen-bond donors (Lipinski definition) is 2. The summed E-state index contributed by atoms with van der Waals surface area (Å²) in [5.41, 5.74) is -0.882. The van der Waals surface area contributed by atoms with Crippen LogP contribution in [0.4, 0.5) is 0 Å². The molecule has 1 unspecified atom stereocenters. The molecule has 2 N–H and O–H groups in total. The Kier molecular flexibility index (Phi) is 15.7. The molecule has 1 aromatic heterocycles. The van der Waals surface area contributed by atoms with Crippen molar-refractivity contribution >= 4 is 46.1 Å². The zero-order valence-corrected chi connectivity index (χ0v) is 38.3. The van der Waals surface area contributed by atoms with Crippen LogP contribution in [-0.2, 0) is 47.6 Å². The minimum atomic E-state index is -1.85. The summed E-state index contributed by atoms with van der Waals surface area (Å²) < 4.78 is 38.3. The van der Waals surface area contributed by atoms with Crippen LogP contribution in [-0.4, -0.2) is 150 Å². The summed E-state index contributed by atoms with van der Waals surface area (Å²) in [7, 11) is 3.73. The number of ether oxygens (including phenoxy) is 6. The number of fused-ring (bicyclic) bond motifs is 5. The molecule has 1 aromatic carbocycles. The molecule has 5 heterocycles. The average Bonchev–Trinajstić information content (AvgIpc) is 3.28. The van der Waals surface area contributed by atoms with E-state index in [0.29, 0.717) is 12.1 Å². The highest BCUT2D eigenvalue weighted by Crippen LogP contribution is 2.40. The number of carbonyl (C=O) groups excluding carboxylic acids is 3. The van der Waals surface area contributed by atoms with E-state index in [0.717, 1.165) is 16.5 Å². The van der Waals surface area contributed by atoms with E-state index in [9.17, 15) is 24.6 Å². The molecule has 3 saturated heterocycles. The molecule has 16 heteroatoms. The van der Waals surface area contributed by atoms with Crippen LogP contribution < -0.4 is 0 Å². The first-order chi connectivity index (χ1) is 29.8. The van der Waals surface area contributed by atoms with Gasteiger partial charge in [0, 0.05) is 35.2 Å². The van der Waals surface area contributed by atoms with E-state index in [2.05, 4.69) is 10.1 Å². The van der Waals surface area contributed by atoms with Crippen molar-refractivity contribution in [1.29, 1.82) is 0 Å². The standard InChI is InChI=1S/C47H66N4O12/c1-11-37-47(8,56)42-28(4)38-26(2)21-46(7,41(29(5)39(52)30(6)44(55)61-37)62-45-40(53)35(51(9)10)19-27(3)60-45)59-24-33(23-58-42)50-63-36(43(54)49-38)25-57-18-14-15-31-20-32-16-12-13-17-34(32)48-22-31/h12-17,20,22,26-30,35-37,40-42,45,53,56H,11,18-19,21,23-25H2,1-10H3/b15-14+,49-38?,50-33+/t26-,27-,28-,29+,30-,35+,36?,37-,40-,41-,42+,45+,46-,47-/m1/s1. The van der Waals surface area contributed by atoms with E-state index in [-0.39, 0.29) is 57.1 Å². The minimum absolute atomic E-state index is 0.135. The van der Waals surface area contributed by atoms with Gasteiger partial charge in [-0.3, -0.25) is 19.4 Å². The summed E-state index contributed by atoms with van der Waals surface area (Å²) in [6.45, 7) is 13.3. The number of rotatable bonds is 9. The lowest BCUT2D eigenvalue weighted by atomic mass is 9.73. The van der Waals surface area contributed by atoms with E-state index < -0.39 is 89.3 Å². The monoisotopic (exact) mass is 878 g/mol. The van der Waals surface area contributed by atoms with E-state index in [1.807, 2.05) is 82.3 Å². The number of likely N-dealkylation sites (N-methyl/N-ethyl adjacent to an activating group) is 1. The summed E-state index contributed by atoms with van der Waals surface area (Å²) in [4.78, 5) is 59.8. The summed E-state index contributed by atoms with van der Waals surface area (Å²) in [5.74, 6) is -5.59. The third-order valence-corrected chi connectivity index (χ3v) is 13.1. The number of cyclic esters (lactones) is 1. The number of aromatic nitrogens is 1. The second kappa shape index (κ2) is 20.4. The van der Waals surface area contributed by atoms with Gasteiger partial charge in [0.25, 0.3) is 5.91 Å². The molecular weight excluding hydrogens is 813 g/mol. The van der Waals surface area contributed by atoms with Gasteiger partial charge in [0.2, 0.25) is 6.10 Å². The summed E-state index contributed by atoms with van der Waals surface area (Å²) in [6, 6.07) is 9.54. The van der Waals surface area contributed by atoms with Gasteiger partial charge < -0.3 is 48.4 Å². The Morgan fingerprint density at radius 2 is 1.78 bits per heavy atom. The number of amides is 1. The number of benzene rings is 1. The molecule has 4 aliphatic rings. The van der Waals surface area contributed by atoms with Gasteiger partial charge in [0.1, 0.15) is 29.4 Å². The molecule has 6 rings (SSSR count). The van der Waals surface area contributed by atoms with E-state index in [1.165, 1.54) is 13.8 Å². The van der Waals surface area contributed by atoms with Gasteiger partial charge in [-0.1, -0.05) is 63.2 Å². The lowest BCUT2D eigenvalue weighted by Crippen LogP contribution is -2.60. The molecule has 1 amide bonds. The lowest BCUT2D eigenvalue weighted by molar-refractivity contribution is -0.296. The molecule has 16 nitrogen and oxygen atoms in total. The number of ketones is 1. The molecule has 4 aliphatic heterocycles. The average molecular weight is 879 g/mol. The van der Waals surface area contributed by atoms with Gasteiger partial charge in [-0.15, -0.1) is 0 Å². The van der Waals surface area contributed by atoms with Crippen LogP contribution in [0.5, 0.6) is 0 Å². The van der Waals surface area contributed by atoms with Gasteiger partial charge in [0.15, 0.2) is 12.1 Å². The predicted octanol–water partition coefficient (Wildman–Crippen LogP) is 4.56. The second-order valence-electron chi connectivity index (χ2n) is 18.4. The first-order valence-electron chi connectivity index (χ1n) is 22.1. The van der Waals surface area contributed by atoms with Gasteiger partial charge in [-0.25, -0.2) is 4.99 Å². The Bertz CT molecular complexity index is 2040. The van der Waals surface area contributed by atoms with Gasteiger partial charge in [0.05, 0.1) is 55.9 Å². The molecular formula is C47H66N4O12. The maximum atomic E-state index is 14.5.